The van der Waals surface area contributed by atoms with Crippen molar-refractivity contribution in [2.45, 2.75) is 39.4 Å². The lowest BCUT2D eigenvalue weighted by Gasteiger charge is -2.29. The molecule has 0 aliphatic carbocycles. The summed E-state index contributed by atoms with van der Waals surface area (Å²) in [7, 11) is 0. The predicted molar refractivity (Wildman–Crippen MR) is 130 cm³/mol. The highest BCUT2D eigenvalue weighted by molar-refractivity contribution is 6.30. The second-order valence-electron chi connectivity index (χ2n) is 7.89. The fraction of sp³-hybridized carbons (Fsp3) is 0.333. The Morgan fingerprint density at radius 1 is 0.839 bits per heavy atom. The van der Waals surface area contributed by atoms with Crippen molar-refractivity contribution in [3.05, 3.63) is 100 Å². The molecule has 0 saturated heterocycles. The van der Waals surface area contributed by atoms with Gasteiger partial charge in [0.25, 0.3) is 0 Å². The van der Waals surface area contributed by atoms with Crippen LogP contribution in [-0.2, 0) is 23.4 Å². The van der Waals surface area contributed by atoms with Gasteiger partial charge >= 0.3 is 0 Å². The van der Waals surface area contributed by atoms with Gasteiger partial charge in [0.1, 0.15) is 0 Å². The molecule has 0 aliphatic heterocycles. The summed E-state index contributed by atoms with van der Waals surface area (Å²) in [5.74, 6) is -1.40. The maximum atomic E-state index is 11.5. The van der Waals surface area contributed by atoms with E-state index >= 15 is 0 Å². The number of benzene rings is 3. The molecule has 0 amide bonds. The summed E-state index contributed by atoms with van der Waals surface area (Å²) in [4.78, 5) is 2.32. The standard InChI is InChI=1S/C27H32ClNO2/c1-4-29(5-2)26-16-10-22(11-17-26)18-19-31-27(30,24-12-6-21(3)7-13-24)20-23-8-14-25(28)15-9-23/h6-17,30H,4-5,18-20H2,1-3H3/t27-/m0/s1. The Morgan fingerprint density at radius 2 is 1.42 bits per heavy atom. The molecule has 3 nitrogen and oxygen atoms in total. The van der Waals surface area contributed by atoms with Crippen LogP contribution in [0.5, 0.6) is 0 Å². The molecule has 0 aromatic heterocycles. The highest BCUT2D eigenvalue weighted by Gasteiger charge is 2.30. The van der Waals surface area contributed by atoms with Crippen LogP contribution < -0.4 is 4.90 Å². The molecular formula is C27H32ClNO2. The van der Waals surface area contributed by atoms with Crippen molar-refractivity contribution in [1.29, 1.82) is 0 Å². The smallest absolute Gasteiger partial charge is 0.196 e. The molecule has 31 heavy (non-hydrogen) atoms. The minimum Gasteiger partial charge on any atom is -0.372 e. The van der Waals surface area contributed by atoms with Gasteiger partial charge in [-0.25, -0.2) is 0 Å². The fourth-order valence-corrected chi connectivity index (χ4v) is 3.86. The van der Waals surface area contributed by atoms with E-state index in [1.54, 1.807) is 0 Å². The van der Waals surface area contributed by atoms with Crippen molar-refractivity contribution >= 4 is 17.3 Å². The average Bonchev–Trinajstić information content (AvgIpc) is 2.78. The topological polar surface area (TPSA) is 32.7 Å². The predicted octanol–water partition coefficient (Wildman–Crippen LogP) is 6.14. The zero-order chi connectivity index (χ0) is 22.3. The van der Waals surface area contributed by atoms with Crippen LogP contribution in [0.3, 0.4) is 0 Å². The van der Waals surface area contributed by atoms with Crippen molar-refractivity contribution in [2.24, 2.45) is 0 Å². The second-order valence-corrected chi connectivity index (χ2v) is 8.33. The molecule has 0 spiro atoms. The molecule has 164 valence electrons. The molecule has 0 fully saturated rings. The fourth-order valence-electron chi connectivity index (χ4n) is 3.73. The highest BCUT2D eigenvalue weighted by Crippen LogP contribution is 2.29. The number of hydrogen-bond acceptors (Lipinski definition) is 3. The second kappa shape index (κ2) is 10.8. The molecular weight excluding hydrogens is 406 g/mol. The third-order valence-corrected chi connectivity index (χ3v) is 5.91. The van der Waals surface area contributed by atoms with Crippen LogP contribution in [0.1, 0.15) is 36.1 Å². The summed E-state index contributed by atoms with van der Waals surface area (Å²) in [6, 6.07) is 24.0. The first-order valence-corrected chi connectivity index (χ1v) is 11.3. The van der Waals surface area contributed by atoms with Crippen LogP contribution in [0.15, 0.2) is 72.8 Å². The maximum absolute atomic E-state index is 11.5. The molecule has 0 unspecified atom stereocenters. The number of aliphatic hydroxyl groups is 1. The largest absolute Gasteiger partial charge is 0.372 e. The van der Waals surface area contributed by atoms with E-state index in [9.17, 15) is 5.11 Å². The quantitative estimate of drug-likeness (QED) is 0.386. The van der Waals surface area contributed by atoms with Gasteiger partial charge < -0.3 is 14.7 Å². The zero-order valence-corrected chi connectivity index (χ0v) is 19.4. The summed E-state index contributed by atoms with van der Waals surface area (Å²) in [5, 5.41) is 12.2. The molecule has 1 N–H and O–H groups in total. The third-order valence-electron chi connectivity index (χ3n) is 5.66. The van der Waals surface area contributed by atoms with E-state index in [0.29, 0.717) is 18.1 Å². The molecule has 0 aliphatic rings. The Morgan fingerprint density at radius 3 is 2.00 bits per heavy atom. The molecule has 0 saturated carbocycles. The number of rotatable bonds is 10. The van der Waals surface area contributed by atoms with Crippen LogP contribution in [-0.4, -0.2) is 24.8 Å². The van der Waals surface area contributed by atoms with Crippen LogP contribution in [0.4, 0.5) is 5.69 Å². The van der Waals surface area contributed by atoms with Gasteiger partial charge in [-0.3, -0.25) is 0 Å². The molecule has 3 rings (SSSR count). The number of nitrogens with zero attached hydrogens (tertiary/aromatic N) is 1. The van der Waals surface area contributed by atoms with E-state index < -0.39 is 5.79 Å². The molecule has 1 atom stereocenters. The van der Waals surface area contributed by atoms with Gasteiger partial charge in [-0.15, -0.1) is 0 Å². The van der Waals surface area contributed by atoms with Crippen LogP contribution in [0, 0.1) is 6.92 Å². The molecule has 3 aromatic rings. The van der Waals surface area contributed by atoms with Crippen molar-refractivity contribution < 1.29 is 9.84 Å². The Kier molecular flexibility index (Phi) is 8.14. The number of anilines is 1. The van der Waals surface area contributed by atoms with Gasteiger partial charge in [-0.1, -0.05) is 65.7 Å². The molecule has 4 heteroatoms. The Hall–Kier alpha value is -2.33. The summed E-state index contributed by atoms with van der Waals surface area (Å²) in [5.41, 5.74) is 5.29. The Bertz CT molecular complexity index is 934. The van der Waals surface area contributed by atoms with Crippen molar-refractivity contribution in [2.75, 3.05) is 24.6 Å². The normalized spacial score (nSPS) is 13.1. The van der Waals surface area contributed by atoms with Crippen LogP contribution in [0.2, 0.25) is 5.02 Å². The summed E-state index contributed by atoms with van der Waals surface area (Å²) < 4.78 is 6.13. The number of aryl methyl sites for hydroxylation is 1. The van der Waals surface area contributed by atoms with Crippen molar-refractivity contribution in [3.63, 3.8) is 0 Å². The van der Waals surface area contributed by atoms with E-state index in [2.05, 4.69) is 43.0 Å². The number of hydrogen-bond donors (Lipinski definition) is 1. The number of ether oxygens (including phenoxy) is 1. The number of halogens is 1. The summed E-state index contributed by atoms with van der Waals surface area (Å²) in [6.45, 7) is 8.77. The summed E-state index contributed by atoms with van der Waals surface area (Å²) >= 11 is 6.02. The summed E-state index contributed by atoms with van der Waals surface area (Å²) in [6.07, 6.45) is 1.08. The zero-order valence-electron chi connectivity index (χ0n) is 18.6. The molecule has 0 heterocycles. The van der Waals surface area contributed by atoms with Gasteiger partial charge in [0, 0.05) is 35.8 Å². The van der Waals surface area contributed by atoms with Crippen molar-refractivity contribution in [1.82, 2.24) is 0 Å². The monoisotopic (exact) mass is 437 g/mol. The molecule has 0 radical (unpaired) electrons. The van der Waals surface area contributed by atoms with E-state index in [1.807, 2.05) is 55.5 Å². The van der Waals surface area contributed by atoms with E-state index in [0.717, 1.165) is 36.2 Å². The highest BCUT2D eigenvalue weighted by atomic mass is 35.5. The SMILES string of the molecule is CCN(CC)c1ccc(CCO[C@@](O)(Cc2ccc(Cl)cc2)c2ccc(C)cc2)cc1. The van der Waals surface area contributed by atoms with E-state index in [1.165, 1.54) is 11.3 Å². The lowest BCUT2D eigenvalue weighted by Crippen LogP contribution is -2.33. The average molecular weight is 438 g/mol. The first-order chi connectivity index (χ1) is 14.9. The van der Waals surface area contributed by atoms with Gasteiger partial charge in [0.05, 0.1) is 6.61 Å². The van der Waals surface area contributed by atoms with Crippen LogP contribution in [0.25, 0.3) is 0 Å². The van der Waals surface area contributed by atoms with Gasteiger partial charge in [-0.05, 0) is 62.6 Å². The van der Waals surface area contributed by atoms with Gasteiger partial charge in [0.2, 0.25) is 0 Å². The first-order valence-electron chi connectivity index (χ1n) is 11.0. The van der Waals surface area contributed by atoms with E-state index in [-0.39, 0.29) is 0 Å². The Labute approximate surface area is 191 Å². The minimum atomic E-state index is -1.40. The van der Waals surface area contributed by atoms with Gasteiger partial charge in [0.15, 0.2) is 5.79 Å². The first kappa shape index (κ1) is 23.3. The Balaban J connectivity index is 1.71. The van der Waals surface area contributed by atoms with E-state index in [4.69, 9.17) is 16.3 Å². The lowest BCUT2D eigenvalue weighted by atomic mass is 9.96. The maximum Gasteiger partial charge on any atom is 0.196 e. The van der Waals surface area contributed by atoms with Crippen molar-refractivity contribution in [3.8, 4) is 0 Å². The van der Waals surface area contributed by atoms with Crippen LogP contribution >= 0.6 is 11.6 Å². The minimum absolute atomic E-state index is 0.355. The molecule has 0 bridgehead atoms. The molecule has 3 aromatic carbocycles. The lowest BCUT2D eigenvalue weighted by molar-refractivity contribution is -0.211. The van der Waals surface area contributed by atoms with Gasteiger partial charge in [-0.2, -0.15) is 0 Å². The third kappa shape index (κ3) is 6.33.